The maximum absolute atomic E-state index is 12.5. The summed E-state index contributed by atoms with van der Waals surface area (Å²) < 4.78 is 28.4. The van der Waals surface area contributed by atoms with Crippen molar-refractivity contribution in [3.8, 4) is 0 Å². The highest BCUT2D eigenvalue weighted by Crippen LogP contribution is 2.20. The molecule has 0 radical (unpaired) electrons. The van der Waals surface area contributed by atoms with Crippen molar-refractivity contribution in [1.29, 1.82) is 0 Å². The van der Waals surface area contributed by atoms with Crippen molar-refractivity contribution < 1.29 is 13.2 Å². The maximum atomic E-state index is 12.5. The molecule has 0 unspecified atom stereocenters. The zero-order chi connectivity index (χ0) is 20.9. The van der Waals surface area contributed by atoms with Crippen molar-refractivity contribution in [1.82, 2.24) is 0 Å². The fraction of sp³-hybridized carbons (Fsp3) is 0.136. The molecule has 0 spiro atoms. The summed E-state index contributed by atoms with van der Waals surface area (Å²) in [7, 11) is -3.70. The highest BCUT2D eigenvalue weighted by Gasteiger charge is 2.14. The minimum absolute atomic E-state index is 0.117. The third kappa shape index (κ3) is 6.17. The summed E-state index contributed by atoms with van der Waals surface area (Å²) in [4.78, 5) is 12.3. The molecule has 3 aromatic rings. The van der Waals surface area contributed by atoms with Crippen LogP contribution in [0.5, 0.6) is 0 Å². The van der Waals surface area contributed by atoms with E-state index in [0.717, 1.165) is 10.0 Å². The number of hydrogen-bond acceptors (Lipinski definition) is 3. The van der Waals surface area contributed by atoms with Crippen LogP contribution in [0.2, 0.25) is 0 Å². The Hall–Kier alpha value is -2.64. The summed E-state index contributed by atoms with van der Waals surface area (Å²) in [5.74, 6) is -0.117. The molecule has 2 N–H and O–H groups in total. The van der Waals surface area contributed by atoms with Crippen molar-refractivity contribution >= 4 is 43.2 Å². The zero-order valence-electron chi connectivity index (χ0n) is 15.9. The summed E-state index contributed by atoms with van der Waals surface area (Å²) in [5, 5.41) is 2.80. The Bertz CT molecular complexity index is 1080. The summed E-state index contributed by atoms with van der Waals surface area (Å²) in [6, 6.07) is 21.0. The molecule has 3 aromatic carbocycles. The van der Waals surface area contributed by atoms with Crippen molar-refractivity contribution in [2.45, 2.75) is 24.7 Å². The number of anilines is 2. The third-order valence-corrected chi connectivity index (χ3v) is 6.23. The first kappa shape index (κ1) is 21.1. The monoisotopic (exact) mass is 472 g/mol. The maximum Gasteiger partial charge on any atom is 0.261 e. The number of aryl methyl sites for hydroxylation is 2. The summed E-state index contributed by atoms with van der Waals surface area (Å²) >= 11 is 3.31. The van der Waals surface area contributed by atoms with Gasteiger partial charge >= 0.3 is 0 Å². The molecule has 0 saturated carbocycles. The van der Waals surface area contributed by atoms with E-state index in [4.69, 9.17) is 0 Å². The van der Waals surface area contributed by atoms with E-state index < -0.39 is 10.0 Å². The van der Waals surface area contributed by atoms with E-state index >= 15 is 0 Å². The van der Waals surface area contributed by atoms with Crippen LogP contribution in [0.25, 0.3) is 0 Å². The number of hydrogen-bond donors (Lipinski definition) is 2. The van der Waals surface area contributed by atoms with Crippen LogP contribution in [-0.2, 0) is 21.2 Å². The van der Waals surface area contributed by atoms with Gasteiger partial charge < -0.3 is 5.32 Å². The molecule has 0 saturated heterocycles. The molecule has 0 aliphatic carbocycles. The van der Waals surface area contributed by atoms with E-state index in [9.17, 15) is 13.2 Å². The molecule has 0 atom stereocenters. The number of nitrogens with one attached hydrogen (secondary N) is 2. The molecule has 7 heteroatoms. The number of benzene rings is 3. The van der Waals surface area contributed by atoms with Crippen LogP contribution in [0.1, 0.15) is 17.5 Å². The van der Waals surface area contributed by atoms with Crippen molar-refractivity contribution in [3.63, 3.8) is 0 Å². The molecular weight excluding hydrogens is 452 g/mol. The number of rotatable bonds is 7. The Morgan fingerprint density at radius 1 is 0.862 bits per heavy atom. The molecule has 0 aromatic heterocycles. The van der Waals surface area contributed by atoms with Crippen LogP contribution in [0, 0.1) is 6.92 Å². The van der Waals surface area contributed by atoms with Gasteiger partial charge in [0.25, 0.3) is 10.0 Å². The lowest BCUT2D eigenvalue weighted by atomic mass is 10.1. The highest BCUT2D eigenvalue weighted by atomic mass is 79.9. The summed E-state index contributed by atoms with van der Waals surface area (Å²) in [6.07, 6.45) is 1.00. The van der Waals surface area contributed by atoms with Crippen LogP contribution >= 0.6 is 15.9 Å². The number of carbonyl (C=O) groups is 1. The molecule has 0 aliphatic heterocycles. The molecule has 0 fully saturated rings. The molecule has 0 aliphatic rings. The average molecular weight is 473 g/mol. The highest BCUT2D eigenvalue weighted by molar-refractivity contribution is 9.10. The minimum atomic E-state index is -3.70. The second-order valence-electron chi connectivity index (χ2n) is 6.67. The van der Waals surface area contributed by atoms with E-state index in [0.29, 0.717) is 24.2 Å². The predicted molar refractivity (Wildman–Crippen MR) is 120 cm³/mol. The molecule has 1 amide bonds. The number of carbonyl (C=O) groups excluding carboxylic acids is 1. The first-order valence-corrected chi connectivity index (χ1v) is 11.3. The molecule has 5 nitrogen and oxygen atoms in total. The zero-order valence-corrected chi connectivity index (χ0v) is 18.3. The van der Waals surface area contributed by atoms with Crippen LogP contribution < -0.4 is 10.0 Å². The van der Waals surface area contributed by atoms with Gasteiger partial charge in [-0.15, -0.1) is 0 Å². The smallest absolute Gasteiger partial charge is 0.261 e. The van der Waals surface area contributed by atoms with E-state index in [1.54, 1.807) is 36.4 Å². The number of amides is 1. The van der Waals surface area contributed by atoms with Gasteiger partial charge in [-0.1, -0.05) is 45.8 Å². The van der Waals surface area contributed by atoms with Crippen LogP contribution in [0.4, 0.5) is 11.4 Å². The average Bonchev–Trinajstić information content (AvgIpc) is 2.70. The van der Waals surface area contributed by atoms with Crippen molar-refractivity contribution in [2.75, 3.05) is 10.0 Å². The quantitative estimate of drug-likeness (QED) is 0.500. The Kier molecular flexibility index (Phi) is 6.71. The van der Waals surface area contributed by atoms with Crippen LogP contribution in [0.15, 0.2) is 82.2 Å². The van der Waals surface area contributed by atoms with Gasteiger partial charge in [-0.25, -0.2) is 8.42 Å². The largest absolute Gasteiger partial charge is 0.326 e. The van der Waals surface area contributed by atoms with Gasteiger partial charge in [0.2, 0.25) is 5.91 Å². The van der Waals surface area contributed by atoms with Gasteiger partial charge in [0.1, 0.15) is 0 Å². The standard InChI is InChI=1S/C22H21BrN2O3S/c1-16-2-4-17(5-3-16)6-15-22(26)24-19-11-13-21(14-12-19)29(27,28)25-20-9-7-18(23)8-10-20/h2-5,7-14,25H,6,15H2,1H3,(H,24,26). The second kappa shape index (κ2) is 9.24. The third-order valence-electron chi connectivity index (χ3n) is 4.31. The second-order valence-corrected chi connectivity index (χ2v) is 9.27. The molecule has 0 heterocycles. The topological polar surface area (TPSA) is 75.3 Å². The summed E-state index contributed by atoms with van der Waals surface area (Å²) in [6.45, 7) is 2.02. The molecule has 150 valence electrons. The lowest BCUT2D eigenvalue weighted by Crippen LogP contribution is -2.14. The Morgan fingerprint density at radius 3 is 2.07 bits per heavy atom. The first-order valence-electron chi connectivity index (χ1n) is 9.06. The Morgan fingerprint density at radius 2 is 1.45 bits per heavy atom. The predicted octanol–water partition coefficient (Wildman–Crippen LogP) is 5.13. The van der Waals surface area contributed by atoms with Gasteiger partial charge in [0.15, 0.2) is 0 Å². The van der Waals surface area contributed by atoms with Crippen LogP contribution in [-0.4, -0.2) is 14.3 Å². The normalized spacial score (nSPS) is 11.1. The fourth-order valence-corrected chi connectivity index (χ4v) is 4.01. The van der Waals surface area contributed by atoms with E-state index in [-0.39, 0.29) is 10.8 Å². The van der Waals surface area contributed by atoms with Gasteiger partial charge in [0, 0.05) is 22.3 Å². The van der Waals surface area contributed by atoms with Gasteiger partial charge in [-0.3, -0.25) is 9.52 Å². The fourth-order valence-electron chi connectivity index (χ4n) is 2.69. The molecule has 0 bridgehead atoms. The molecular formula is C22H21BrN2O3S. The van der Waals surface area contributed by atoms with E-state index in [1.807, 2.05) is 31.2 Å². The minimum Gasteiger partial charge on any atom is -0.326 e. The lowest BCUT2D eigenvalue weighted by Gasteiger charge is -2.10. The molecule has 3 rings (SSSR count). The van der Waals surface area contributed by atoms with E-state index in [2.05, 4.69) is 26.0 Å². The van der Waals surface area contributed by atoms with E-state index in [1.165, 1.54) is 17.7 Å². The number of halogens is 1. The number of sulfonamides is 1. The SMILES string of the molecule is Cc1ccc(CCC(=O)Nc2ccc(S(=O)(=O)Nc3ccc(Br)cc3)cc2)cc1. The van der Waals surface area contributed by atoms with Crippen molar-refractivity contribution in [2.24, 2.45) is 0 Å². The van der Waals surface area contributed by atoms with Gasteiger partial charge in [-0.2, -0.15) is 0 Å². The van der Waals surface area contributed by atoms with Crippen molar-refractivity contribution in [3.05, 3.63) is 88.4 Å². The Labute approximate surface area is 179 Å². The molecule has 29 heavy (non-hydrogen) atoms. The van der Waals surface area contributed by atoms with Gasteiger partial charge in [-0.05, 0) is 67.4 Å². The lowest BCUT2D eigenvalue weighted by molar-refractivity contribution is -0.116. The van der Waals surface area contributed by atoms with Crippen LogP contribution in [0.3, 0.4) is 0 Å². The Balaban J connectivity index is 1.58. The first-order chi connectivity index (χ1) is 13.8. The van der Waals surface area contributed by atoms with Gasteiger partial charge in [0.05, 0.1) is 4.90 Å². The summed E-state index contributed by atoms with van der Waals surface area (Å²) in [5.41, 5.74) is 3.32.